The van der Waals surface area contributed by atoms with Gasteiger partial charge in [0, 0.05) is 57.9 Å². The normalized spacial score (nSPS) is 22.6. The minimum absolute atomic E-state index is 0.000645. The van der Waals surface area contributed by atoms with E-state index in [1.807, 2.05) is 6.92 Å². The highest BCUT2D eigenvalue weighted by atomic mass is 19.1. The number of hydrogen-bond acceptors (Lipinski definition) is 9. The predicted octanol–water partition coefficient (Wildman–Crippen LogP) is 6.37. The van der Waals surface area contributed by atoms with Crippen LogP contribution in [0.15, 0.2) is 30.5 Å². The van der Waals surface area contributed by atoms with Crippen LogP contribution >= 0.6 is 0 Å². The standard InChI is InChI=1S/C38H45F3N6O4/c1-4-27-30(40)10-9-24-16-26(51-22-49-3)17-28(31(24)27)33-32(41)34-29(19-43-33)35(46-13-6-5-8-23(11-15-46)36(48)42-2)45-37(44-34)50-21-38-12-7-14-47(38)20-25(39)18-38/h9-10,16-17,19,23,25H,4-8,11-15,18,20-22H2,1-3H3,(H,42,48)/t23?,25-,38+/m1/s1. The quantitative estimate of drug-likeness (QED) is 0.189. The highest BCUT2D eigenvalue weighted by Gasteiger charge is 2.49. The molecule has 1 N–H and O–H groups in total. The molecule has 272 valence electrons. The van der Waals surface area contributed by atoms with Crippen molar-refractivity contribution in [2.45, 2.75) is 70.0 Å². The molecule has 13 heteroatoms. The first-order valence-electron chi connectivity index (χ1n) is 18.0. The molecule has 3 aliphatic heterocycles. The Morgan fingerprint density at radius 1 is 1.08 bits per heavy atom. The van der Waals surface area contributed by atoms with E-state index in [4.69, 9.17) is 19.2 Å². The van der Waals surface area contributed by atoms with Crippen molar-refractivity contribution in [2.24, 2.45) is 5.92 Å². The van der Waals surface area contributed by atoms with Gasteiger partial charge in [-0.25, -0.2) is 13.2 Å². The summed E-state index contributed by atoms with van der Waals surface area (Å²) in [7, 11) is 3.15. The van der Waals surface area contributed by atoms with Gasteiger partial charge in [0.15, 0.2) is 12.6 Å². The van der Waals surface area contributed by atoms with Crippen molar-refractivity contribution in [1.29, 1.82) is 0 Å². The molecule has 10 nitrogen and oxygen atoms in total. The van der Waals surface area contributed by atoms with Crippen LogP contribution in [0, 0.1) is 17.6 Å². The SMILES string of the molecule is CCc1c(F)ccc2cc(OCOC)cc(-c3ncc4c(N5CCCCC(C(=O)NC)CC5)nc(OC[C@@]56CCCN5C[C@H](F)C6)nc4c3F)c12. The van der Waals surface area contributed by atoms with Crippen LogP contribution in [0.1, 0.15) is 57.4 Å². The molecule has 0 radical (unpaired) electrons. The third kappa shape index (κ3) is 6.77. The number of hydrogen-bond donors (Lipinski definition) is 1. The fourth-order valence-electron chi connectivity index (χ4n) is 8.33. The molecule has 0 saturated carbocycles. The number of amides is 1. The van der Waals surface area contributed by atoms with Crippen molar-refractivity contribution < 1.29 is 32.2 Å². The van der Waals surface area contributed by atoms with Crippen molar-refractivity contribution in [3.05, 3.63) is 47.7 Å². The molecule has 5 heterocycles. The number of fused-ring (bicyclic) bond motifs is 3. The number of pyridine rings is 1. The number of anilines is 1. The maximum Gasteiger partial charge on any atom is 0.319 e. The lowest BCUT2D eigenvalue weighted by atomic mass is 9.94. The molecule has 0 aliphatic carbocycles. The van der Waals surface area contributed by atoms with Crippen LogP contribution in [0.4, 0.5) is 19.0 Å². The summed E-state index contributed by atoms with van der Waals surface area (Å²) < 4.78 is 64.2. The molecule has 2 aromatic carbocycles. The number of methoxy groups -OCH3 is 1. The number of halogens is 3. The largest absolute Gasteiger partial charge is 0.468 e. The Bertz CT molecular complexity index is 1930. The van der Waals surface area contributed by atoms with Gasteiger partial charge in [-0.3, -0.25) is 14.7 Å². The Labute approximate surface area is 295 Å². The number of nitrogens with one attached hydrogen (secondary N) is 1. The van der Waals surface area contributed by atoms with Gasteiger partial charge in [-0.1, -0.05) is 19.4 Å². The summed E-state index contributed by atoms with van der Waals surface area (Å²) in [5, 5.41) is 4.37. The molecule has 3 atom stereocenters. The Hall–Kier alpha value is -4.23. The van der Waals surface area contributed by atoms with E-state index < -0.39 is 23.3 Å². The number of carbonyl (C=O) groups is 1. The summed E-state index contributed by atoms with van der Waals surface area (Å²) in [5.74, 6) is -0.382. The van der Waals surface area contributed by atoms with Crippen molar-refractivity contribution in [3.63, 3.8) is 0 Å². The maximum absolute atomic E-state index is 17.2. The molecule has 0 bridgehead atoms. The van der Waals surface area contributed by atoms with Gasteiger partial charge in [0.2, 0.25) is 5.91 Å². The van der Waals surface area contributed by atoms with Crippen molar-refractivity contribution in [3.8, 4) is 23.0 Å². The van der Waals surface area contributed by atoms with E-state index >= 15 is 8.78 Å². The average molecular weight is 707 g/mol. The Morgan fingerprint density at radius 3 is 2.75 bits per heavy atom. The lowest BCUT2D eigenvalue weighted by molar-refractivity contribution is -0.124. The molecule has 0 spiro atoms. The smallest absolute Gasteiger partial charge is 0.319 e. The molecule has 3 saturated heterocycles. The van der Waals surface area contributed by atoms with Crippen LogP contribution in [-0.4, -0.2) is 91.2 Å². The fourth-order valence-corrected chi connectivity index (χ4v) is 8.33. The minimum atomic E-state index is -0.932. The second-order valence-corrected chi connectivity index (χ2v) is 14.0. The molecule has 3 fully saturated rings. The fraction of sp³-hybridized carbons (Fsp3) is 0.526. The van der Waals surface area contributed by atoms with Crippen LogP contribution in [0.3, 0.4) is 0 Å². The number of ether oxygens (including phenoxy) is 3. The summed E-state index contributed by atoms with van der Waals surface area (Å²) in [5.41, 5.74) is 0.325. The predicted molar refractivity (Wildman–Crippen MR) is 189 cm³/mol. The summed E-state index contributed by atoms with van der Waals surface area (Å²) in [6.07, 6.45) is 6.17. The second kappa shape index (κ2) is 14.8. The zero-order valence-electron chi connectivity index (χ0n) is 29.4. The zero-order valence-corrected chi connectivity index (χ0v) is 29.4. The van der Waals surface area contributed by atoms with Crippen LogP contribution in [0.5, 0.6) is 11.8 Å². The van der Waals surface area contributed by atoms with Crippen molar-refractivity contribution in [2.75, 3.05) is 58.6 Å². The molecular weight excluding hydrogens is 661 g/mol. The van der Waals surface area contributed by atoms with E-state index in [9.17, 15) is 9.18 Å². The monoisotopic (exact) mass is 706 g/mol. The van der Waals surface area contributed by atoms with Gasteiger partial charge in [0.25, 0.3) is 0 Å². The Morgan fingerprint density at radius 2 is 1.94 bits per heavy atom. The van der Waals surface area contributed by atoms with Crippen molar-refractivity contribution in [1.82, 2.24) is 25.2 Å². The van der Waals surface area contributed by atoms with Gasteiger partial charge >= 0.3 is 6.01 Å². The van der Waals surface area contributed by atoms with E-state index in [0.29, 0.717) is 77.7 Å². The summed E-state index contributed by atoms with van der Waals surface area (Å²) in [6.45, 7) is 4.33. The van der Waals surface area contributed by atoms with Gasteiger partial charge in [-0.15, -0.1) is 0 Å². The van der Waals surface area contributed by atoms with Gasteiger partial charge in [0.05, 0.1) is 10.9 Å². The number of aromatic nitrogens is 3. The van der Waals surface area contributed by atoms with E-state index in [1.54, 1.807) is 31.4 Å². The molecule has 51 heavy (non-hydrogen) atoms. The first-order valence-corrected chi connectivity index (χ1v) is 18.0. The summed E-state index contributed by atoms with van der Waals surface area (Å²) in [6, 6.07) is 6.45. The number of alkyl halides is 1. The van der Waals surface area contributed by atoms with E-state index in [0.717, 1.165) is 38.6 Å². The molecule has 4 aromatic rings. The number of nitrogens with zero attached hydrogens (tertiary/aromatic N) is 5. The third-order valence-electron chi connectivity index (χ3n) is 10.9. The number of carbonyl (C=O) groups excluding carboxylic acids is 1. The second-order valence-electron chi connectivity index (χ2n) is 14.0. The molecule has 1 unspecified atom stereocenters. The zero-order chi connectivity index (χ0) is 35.7. The van der Waals surface area contributed by atoms with Crippen LogP contribution in [-0.2, 0) is 16.0 Å². The number of aryl methyl sites for hydroxylation is 1. The first-order chi connectivity index (χ1) is 24.7. The van der Waals surface area contributed by atoms with E-state index in [-0.39, 0.29) is 42.4 Å². The number of rotatable bonds is 10. The Balaban J connectivity index is 1.36. The average Bonchev–Trinajstić information content (AvgIpc) is 3.65. The first kappa shape index (κ1) is 35.2. The highest BCUT2D eigenvalue weighted by molar-refractivity contribution is 6.01. The topological polar surface area (TPSA) is 102 Å². The molecule has 2 aromatic heterocycles. The van der Waals surface area contributed by atoms with Gasteiger partial charge < -0.3 is 24.4 Å². The maximum atomic E-state index is 17.2. The van der Waals surface area contributed by atoms with Crippen LogP contribution < -0.4 is 19.7 Å². The van der Waals surface area contributed by atoms with Crippen molar-refractivity contribution >= 4 is 33.4 Å². The van der Waals surface area contributed by atoms with Gasteiger partial charge in [-0.2, -0.15) is 9.97 Å². The van der Waals surface area contributed by atoms with Gasteiger partial charge in [-0.05, 0) is 79.6 Å². The van der Waals surface area contributed by atoms with E-state index in [2.05, 4.69) is 25.1 Å². The van der Waals surface area contributed by atoms with Crippen LogP contribution in [0.25, 0.3) is 32.9 Å². The molecule has 1 amide bonds. The lowest BCUT2D eigenvalue weighted by Gasteiger charge is -2.31. The molecule has 7 rings (SSSR count). The van der Waals surface area contributed by atoms with E-state index in [1.165, 1.54) is 13.2 Å². The summed E-state index contributed by atoms with van der Waals surface area (Å²) >= 11 is 0. The Kier molecular flexibility index (Phi) is 10.2. The summed E-state index contributed by atoms with van der Waals surface area (Å²) in [4.78, 5) is 31.0. The lowest BCUT2D eigenvalue weighted by Crippen LogP contribution is -2.43. The third-order valence-corrected chi connectivity index (χ3v) is 10.9. The van der Waals surface area contributed by atoms with Crippen LogP contribution in [0.2, 0.25) is 0 Å². The minimum Gasteiger partial charge on any atom is -0.468 e. The van der Waals surface area contributed by atoms with Gasteiger partial charge in [0.1, 0.15) is 41.4 Å². The highest BCUT2D eigenvalue weighted by Crippen LogP contribution is 2.42. The molecular formula is C38H45F3N6O4. The number of benzene rings is 2. The molecule has 3 aliphatic rings.